The highest BCUT2D eigenvalue weighted by molar-refractivity contribution is 7.89. The molecule has 1 saturated heterocycles. The Hall–Kier alpha value is -1.93. The van der Waals surface area contributed by atoms with Crippen molar-refractivity contribution in [3.05, 3.63) is 64.2 Å². The molecule has 2 aromatic carbocycles. The summed E-state index contributed by atoms with van der Waals surface area (Å²) in [5.74, 6) is -0.242. The van der Waals surface area contributed by atoms with Crippen LogP contribution >= 0.6 is 11.6 Å². The number of benzene rings is 2. The van der Waals surface area contributed by atoms with Gasteiger partial charge in [0.1, 0.15) is 0 Å². The minimum atomic E-state index is -3.64. The highest BCUT2D eigenvalue weighted by Crippen LogP contribution is 2.23. The van der Waals surface area contributed by atoms with E-state index in [-0.39, 0.29) is 21.4 Å². The number of amides is 1. The maximum absolute atomic E-state index is 12.9. The fourth-order valence-corrected chi connectivity index (χ4v) is 4.26. The predicted octanol–water partition coefficient (Wildman–Crippen LogP) is 2.51. The molecule has 0 unspecified atom stereocenters. The highest BCUT2D eigenvalue weighted by atomic mass is 35.5. The largest absolute Gasteiger partial charge is 0.336 e. The number of rotatable bonds is 5. The number of nitrogens with one attached hydrogen (secondary N) is 1. The van der Waals surface area contributed by atoms with E-state index >= 15 is 0 Å². The second-order valence-electron chi connectivity index (χ2n) is 6.91. The Morgan fingerprint density at radius 3 is 2.46 bits per heavy atom. The van der Waals surface area contributed by atoms with E-state index in [4.69, 9.17) is 11.6 Å². The molecule has 1 N–H and O–H groups in total. The van der Waals surface area contributed by atoms with E-state index in [0.717, 1.165) is 19.6 Å². The lowest BCUT2D eigenvalue weighted by atomic mass is 10.1. The van der Waals surface area contributed by atoms with Crippen LogP contribution in [0.4, 0.5) is 0 Å². The quantitative estimate of drug-likeness (QED) is 0.805. The molecule has 0 aromatic heterocycles. The van der Waals surface area contributed by atoms with Crippen LogP contribution in [0.15, 0.2) is 47.4 Å². The molecule has 3 rings (SSSR count). The van der Waals surface area contributed by atoms with Gasteiger partial charge in [0.15, 0.2) is 0 Å². The van der Waals surface area contributed by atoms with E-state index in [2.05, 4.69) is 40.8 Å². The van der Waals surface area contributed by atoms with Crippen LogP contribution in [0.5, 0.6) is 0 Å². The molecule has 28 heavy (non-hydrogen) atoms. The molecule has 150 valence electrons. The van der Waals surface area contributed by atoms with Crippen LogP contribution in [0.1, 0.15) is 21.5 Å². The standard InChI is InChI=1S/C20H24ClN3O3S/c1-15-4-3-5-16(12-15)14-23-8-10-24(11-9-23)20(25)18-13-17(6-7-19(18)21)28(26,27)22-2/h3-7,12-13,22H,8-11,14H2,1-2H3. The second-order valence-corrected chi connectivity index (χ2v) is 9.20. The van der Waals surface area contributed by atoms with Crippen molar-refractivity contribution in [2.45, 2.75) is 18.4 Å². The van der Waals surface area contributed by atoms with E-state index in [9.17, 15) is 13.2 Å². The van der Waals surface area contributed by atoms with Gasteiger partial charge in [-0.2, -0.15) is 0 Å². The maximum atomic E-state index is 12.9. The summed E-state index contributed by atoms with van der Waals surface area (Å²) in [6, 6.07) is 12.6. The van der Waals surface area contributed by atoms with Crippen LogP contribution in [-0.2, 0) is 16.6 Å². The van der Waals surface area contributed by atoms with Gasteiger partial charge in [-0.3, -0.25) is 9.69 Å². The van der Waals surface area contributed by atoms with Crippen LogP contribution in [0.25, 0.3) is 0 Å². The zero-order valence-electron chi connectivity index (χ0n) is 16.0. The van der Waals surface area contributed by atoms with E-state index < -0.39 is 10.0 Å². The number of hydrogen-bond donors (Lipinski definition) is 1. The van der Waals surface area contributed by atoms with Crippen molar-refractivity contribution >= 4 is 27.5 Å². The summed E-state index contributed by atoms with van der Waals surface area (Å²) >= 11 is 6.18. The summed E-state index contributed by atoms with van der Waals surface area (Å²) in [7, 11) is -2.30. The van der Waals surface area contributed by atoms with Crippen LogP contribution in [0, 0.1) is 6.92 Å². The van der Waals surface area contributed by atoms with Gasteiger partial charge in [0.05, 0.1) is 15.5 Å². The monoisotopic (exact) mass is 421 g/mol. The predicted molar refractivity (Wildman–Crippen MR) is 110 cm³/mol. The lowest BCUT2D eigenvalue weighted by Crippen LogP contribution is -2.48. The van der Waals surface area contributed by atoms with Crippen molar-refractivity contribution in [2.75, 3.05) is 33.2 Å². The van der Waals surface area contributed by atoms with Gasteiger partial charge < -0.3 is 4.90 Å². The molecule has 6 nitrogen and oxygen atoms in total. The molecule has 0 bridgehead atoms. The van der Waals surface area contributed by atoms with E-state index in [0.29, 0.717) is 13.1 Å². The Labute approximate surface area is 171 Å². The number of hydrogen-bond acceptors (Lipinski definition) is 4. The molecule has 1 aliphatic rings. The average Bonchev–Trinajstić information content (AvgIpc) is 2.68. The molecule has 0 atom stereocenters. The van der Waals surface area contributed by atoms with Gasteiger partial charge in [0.25, 0.3) is 5.91 Å². The van der Waals surface area contributed by atoms with Crippen LogP contribution < -0.4 is 4.72 Å². The molecule has 0 radical (unpaired) electrons. The third kappa shape index (κ3) is 4.72. The minimum Gasteiger partial charge on any atom is -0.336 e. The van der Waals surface area contributed by atoms with Crippen molar-refractivity contribution in [3.63, 3.8) is 0 Å². The molecule has 0 spiro atoms. The Bertz CT molecular complexity index is 970. The van der Waals surface area contributed by atoms with E-state index in [1.54, 1.807) is 4.90 Å². The van der Waals surface area contributed by atoms with Crippen molar-refractivity contribution in [3.8, 4) is 0 Å². The minimum absolute atomic E-state index is 0.0285. The molecule has 0 saturated carbocycles. The van der Waals surface area contributed by atoms with Gasteiger partial charge in [-0.25, -0.2) is 13.1 Å². The Balaban J connectivity index is 1.68. The van der Waals surface area contributed by atoms with Gasteiger partial charge in [0, 0.05) is 32.7 Å². The summed E-state index contributed by atoms with van der Waals surface area (Å²) in [6.45, 7) is 5.58. The number of carbonyl (C=O) groups is 1. The SMILES string of the molecule is CNS(=O)(=O)c1ccc(Cl)c(C(=O)N2CCN(Cc3cccc(C)c3)CC2)c1. The first-order valence-corrected chi connectivity index (χ1v) is 11.0. The van der Waals surface area contributed by atoms with E-state index in [1.807, 2.05) is 0 Å². The van der Waals surface area contributed by atoms with Crippen molar-refractivity contribution < 1.29 is 13.2 Å². The van der Waals surface area contributed by atoms with Crippen LogP contribution in [0.3, 0.4) is 0 Å². The normalized spacial score (nSPS) is 15.6. The van der Waals surface area contributed by atoms with Gasteiger partial charge in [-0.1, -0.05) is 41.4 Å². The Morgan fingerprint density at radius 1 is 1.11 bits per heavy atom. The van der Waals surface area contributed by atoms with Crippen molar-refractivity contribution in [1.29, 1.82) is 0 Å². The maximum Gasteiger partial charge on any atom is 0.255 e. The molecule has 8 heteroatoms. The molecule has 0 aliphatic carbocycles. The third-order valence-electron chi connectivity index (χ3n) is 4.90. The molecular formula is C20H24ClN3O3S. The fourth-order valence-electron chi connectivity index (χ4n) is 3.30. The topological polar surface area (TPSA) is 69.7 Å². The summed E-state index contributed by atoms with van der Waals surface area (Å²) in [5, 5.41) is 0.252. The van der Waals surface area contributed by atoms with E-state index in [1.165, 1.54) is 36.4 Å². The third-order valence-corrected chi connectivity index (χ3v) is 6.64. The molecule has 1 heterocycles. The first-order chi connectivity index (χ1) is 13.3. The Kier molecular flexibility index (Phi) is 6.40. The zero-order chi connectivity index (χ0) is 20.3. The summed E-state index contributed by atoms with van der Waals surface area (Å²) in [5.41, 5.74) is 2.70. The van der Waals surface area contributed by atoms with Crippen molar-refractivity contribution in [2.24, 2.45) is 0 Å². The van der Waals surface area contributed by atoms with Gasteiger partial charge in [-0.05, 0) is 37.7 Å². The first-order valence-electron chi connectivity index (χ1n) is 9.10. The summed E-state index contributed by atoms with van der Waals surface area (Å²) in [6.07, 6.45) is 0. The number of aryl methyl sites for hydroxylation is 1. The van der Waals surface area contributed by atoms with Gasteiger partial charge in [-0.15, -0.1) is 0 Å². The molecular weight excluding hydrogens is 398 g/mol. The highest BCUT2D eigenvalue weighted by Gasteiger charge is 2.25. The second kappa shape index (κ2) is 8.61. The number of sulfonamides is 1. The molecule has 1 amide bonds. The smallest absolute Gasteiger partial charge is 0.255 e. The number of piperazine rings is 1. The fraction of sp³-hybridized carbons (Fsp3) is 0.350. The van der Waals surface area contributed by atoms with Crippen LogP contribution in [0.2, 0.25) is 5.02 Å². The molecule has 1 aliphatic heterocycles. The van der Waals surface area contributed by atoms with Crippen LogP contribution in [-0.4, -0.2) is 57.4 Å². The lowest BCUT2D eigenvalue weighted by Gasteiger charge is -2.35. The average molecular weight is 422 g/mol. The molecule has 1 fully saturated rings. The summed E-state index contributed by atoms with van der Waals surface area (Å²) in [4.78, 5) is 17.0. The lowest BCUT2D eigenvalue weighted by molar-refractivity contribution is 0.0628. The zero-order valence-corrected chi connectivity index (χ0v) is 17.6. The van der Waals surface area contributed by atoms with Gasteiger partial charge in [0.2, 0.25) is 10.0 Å². The number of halogens is 1. The molecule has 2 aromatic rings. The first kappa shape index (κ1) is 20.8. The number of nitrogens with zero attached hydrogens (tertiary/aromatic N) is 2. The summed E-state index contributed by atoms with van der Waals surface area (Å²) < 4.78 is 26.3. The van der Waals surface area contributed by atoms with Gasteiger partial charge >= 0.3 is 0 Å². The van der Waals surface area contributed by atoms with Crippen molar-refractivity contribution in [1.82, 2.24) is 14.5 Å². The Morgan fingerprint density at radius 2 is 1.82 bits per heavy atom. The number of carbonyl (C=O) groups excluding carboxylic acids is 1.